The van der Waals surface area contributed by atoms with Crippen molar-refractivity contribution in [3.63, 3.8) is 0 Å². The lowest BCUT2D eigenvalue weighted by Gasteiger charge is -2.34. The highest BCUT2D eigenvalue weighted by Crippen LogP contribution is 2.51. The molecule has 1 unspecified atom stereocenters. The summed E-state index contributed by atoms with van der Waals surface area (Å²) in [5.41, 5.74) is 9.65. The highest BCUT2D eigenvalue weighted by Gasteiger charge is 2.45. The molecule has 4 aromatic rings. The molecule has 4 aromatic carbocycles. The van der Waals surface area contributed by atoms with Gasteiger partial charge in [0.15, 0.2) is 0 Å². The van der Waals surface area contributed by atoms with Gasteiger partial charge in [-0.2, -0.15) is 0 Å². The highest BCUT2D eigenvalue weighted by molar-refractivity contribution is 6.11. The molecule has 1 heterocycles. The van der Waals surface area contributed by atoms with Crippen molar-refractivity contribution in [1.29, 1.82) is 0 Å². The summed E-state index contributed by atoms with van der Waals surface area (Å²) in [6.45, 7) is 6.59. The minimum absolute atomic E-state index is 0.0248. The number of methoxy groups -OCH3 is 2. The molecule has 0 radical (unpaired) electrons. The molecule has 4 nitrogen and oxygen atoms in total. The van der Waals surface area contributed by atoms with Gasteiger partial charge in [-0.1, -0.05) is 66.7 Å². The third-order valence-corrected chi connectivity index (χ3v) is 7.93. The van der Waals surface area contributed by atoms with Crippen LogP contribution in [0.4, 0.5) is 5.69 Å². The van der Waals surface area contributed by atoms with Crippen molar-refractivity contribution in [1.82, 2.24) is 0 Å². The molecule has 0 N–H and O–H groups in total. The highest BCUT2D eigenvalue weighted by atomic mass is 16.5. The number of hydrogen-bond acceptors (Lipinski definition) is 3. The molecule has 6 rings (SSSR count). The van der Waals surface area contributed by atoms with E-state index in [-0.39, 0.29) is 17.9 Å². The van der Waals surface area contributed by atoms with Crippen LogP contribution < -0.4 is 14.4 Å². The standard InChI is InChI=1S/C35H31NO3/c1-22(2)32(34-29-12-8-9-13-30(29)35(37)36(34)25-10-6-5-7-11-25)31-21-24-20-27(39-4)18-19-28(24)33(31)23-14-16-26(38-3)17-15-23/h5-20,32,34H,1,21H2,2-4H3/t32?,34-/m0/s1. The van der Waals surface area contributed by atoms with Crippen LogP contribution >= 0.6 is 0 Å². The van der Waals surface area contributed by atoms with E-state index in [9.17, 15) is 4.79 Å². The van der Waals surface area contributed by atoms with Gasteiger partial charge in [0.25, 0.3) is 5.91 Å². The number of nitrogens with zero attached hydrogens (tertiary/aromatic N) is 1. The number of para-hydroxylation sites is 1. The van der Waals surface area contributed by atoms with Crippen LogP contribution in [0.2, 0.25) is 0 Å². The Balaban J connectivity index is 1.58. The van der Waals surface area contributed by atoms with E-state index in [0.717, 1.165) is 45.9 Å². The minimum Gasteiger partial charge on any atom is -0.497 e. The van der Waals surface area contributed by atoms with E-state index in [1.54, 1.807) is 14.2 Å². The minimum atomic E-state index is -0.215. The second kappa shape index (κ2) is 9.95. The first kappa shape index (κ1) is 24.7. The number of hydrogen-bond donors (Lipinski definition) is 0. The second-order valence-corrected chi connectivity index (χ2v) is 10.2. The van der Waals surface area contributed by atoms with Gasteiger partial charge in [0, 0.05) is 17.2 Å². The average molecular weight is 514 g/mol. The summed E-state index contributed by atoms with van der Waals surface area (Å²) in [6.07, 6.45) is 0.751. The summed E-state index contributed by atoms with van der Waals surface area (Å²) in [4.78, 5) is 15.9. The smallest absolute Gasteiger partial charge is 0.259 e. The quantitative estimate of drug-likeness (QED) is 0.238. The lowest BCUT2D eigenvalue weighted by molar-refractivity contribution is 0.0988. The Morgan fingerprint density at radius 2 is 1.51 bits per heavy atom. The maximum absolute atomic E-state index is 13.9. The van der Waals surface area contributed by atoms with Gasteiger partial charge in [-0.3, -0.25) is 9.69 Å². The first-order valence-corrected chi connectivity index (χ1v) is 13.2. The zero-order valence-electron chi connectivity index (χ0n) is 22.5. The molecule has 39 heavy (non-hydrogen) atoms. The number of ether oxygens (including phenoxy) is 2. The predicted molar refractivity (Wildman–Crippen MR) is 156 cm³/mol. The zero-order valence-corrected chi connectivity index (χ0v) is 22.5. The summed E-state index contributed by atoms with van der Waals surface area (Å²) in [5, 5.41) is 0. The third-order valence-electron chi connectivity index (χ3n) is 7.93. The maximum Gasteiger partial charge on any atom is 0.259 e. The molecule has 0 spiro atoms. The van der Waals surface area contributed by atoms with Gasteiger partial charge >= 0.3 is 0 Å². The van der Waals surface area contributed by atoms with Crippen molar-refractivity contribution in [2.24, 2.45) is 5.92 Å². The molecule has 1 aliphatic carbocycles. The van der Waals surface area contributed by atoms with Gasteiger partial charge in [0.1, 0.15) is 11.5 Å². The Morgan fingerprint density at radius 1 is 0.846 bits per heavy atom. The number of benzene rings is 4. The molecule has 1 aliphatic heterocycles. The molecule has 2 atom stereocenters. The van der Waals surface area contributed by atoms with Gasteiger partial charge in [-0.05, 0) is 89.2 Å². The number of carbonyl (C=O) groups is 1. The molecule has 0 bridgehead atoms. The Kier molecular flexibility index (Phi) is 6.32. The lowest BCUT2D eigenvalue weighted by atomic mass is 9.79. The number of carbonyl (C=O) groups excluding carboxylic acids is 1. The molecule has 0 saturated carbocycles. The van der Waals surface area contributed by atoms with Gasteiger partial charge in [0.2, 0.25) is 0 Å². The van der Waals surface area contributed by atoms with Crippen molar-refractivity contribution in [2.45, 2.75) is 19.4 Å². The Bertz CT molecular complexity index is 1600. The van der Waals surface area contributed by atoms with Gasteiger partial charge in [-0.15, -0.1) is 0 Å². The van der Waals surface area contributed by atoms with Crippen LogP contribution in [0.3, 0.4) is 0 Å². The van der Waals surface area contributed by atoms with E-state index in [1.807, 2.05) is 71.6 Å². The molecule has 4 heteroatoms. The van der Waals surface area contributed by atoms with Crippen molar-refractivity contribution in [3.8, 4) is 11.5 Å². The number of anilines is 1. The van der Waals surface area contributed by atoms with Crippen LogP contribution in [0.5, 0.6) is 11.5 Å². The van der Waals surface area contributed by atoms with Crippen molar-refractivity contribution in [2.75, 3.05) is 19.1 Å². The van der Waals surface area contributed by atoms with E-state index in [1.165, 1.54) is 22.3 Å². The molecule has 2 aliphatic rings. The van der Waals surface area contributed by atoms with E-state index < -0.39 is 0 Å². The Morgan fingerprint density at radius 3 is 2.21 bits per heavy atom. The molecular formula is C35H31NO3. The van der Waals surface area contributed by atoms with E-state index >= 15 is 0 Å². The fourth-order valence-electron chi connectivity index (χ4n) is 6.22. The molecule has 0 saturated heterocycles. The molecule has 0 fully saturated rings. The first-order valence-electron chi connectivity index (χ1n) is 13.2. The zero-order chi connectivity index (χ0) is 27.1. The molecule has 194 valence electrons. The molecule has 1 amide bonds. The van der Waals surface area contributed by atoms with E-state index in [0.29, 0.717) is 0 Å². The average Bonchev–Trinajstić information content (AvgIpc) is 3.48. The molecular weight excluding hydrogens is 482 g/mol. The maximum atomic E-state index is 13.9. The predicted octanol–water partition coefficient (Wildman–Crippen LogP) is 7.66. The first-order chi connectivity index (χ1) is 19.0. The number of amides is 1. The largest absolute Gasteiger partial charge is 0.497 e. The van der Waals surface area contributed by atoms with Gasteiger partial charge < -0.3 is 9.47 Å². The summed E-state index contributed by atoms with van der Waals surface area (Å²) in [7, 11) is 3.38. The van der Waals surface area contributed by atoms with Crippen LogP contribution in [0.25, 0.3) is 5.57 Å². The van der Waals surface area contributed by atoms with Crippen LogP contribution in [-0.4, -0.2) is 20.1 Å². The second-order valence-electron chi connectivity index (χ2n) is 10.2. The Labute approximate surface area is 229 Å². The van der Waals surface area contributed by atoms with Crippen LogP contribution in [-0.2, 0) is 6.42 Å². The van der Waals surface area contributed by atoms with Gasteiger partial charge in [0.05, 0.1) is 20.3 Å². The Hall–Kier alpha value is -4.57. The lowest BCUT2D eigenvalue weighted by Crippen LogP contribution is -2.34. The normalized spacial score (nSPS) is 16.6. The van der Waals surface area contributed by atoms with Crippen molar-refractivity contribution >= 4 is 17.2 Å². The summed E-state index contributed by atoms with van der Waals surface area (Å²) >= 11 is 0. The van der Waals surface area contributed by atoms with Crippen LogP contribution in [0.15, 0.2) is 115 Å². The van der Waals surface area contributed by atoms with Crippen molar-refractivity contribution < 1.29 is 14.3 Å². The van der Waals surface area contributed by atoms with E-state index in [4.69, 9.17) is 9.47 Å². The summed E-state index contributed by atoms with van der Waals surface area (Å²) in [5.74, 6) is 1.57. The fourth-order valence-corrected chi connectivity index (χ4v) is 6.22. The monoisotopic (exact) mass is 513 g/mol. The number of fused-ring (bicyclic) bond motifs is 2. The molecule has 0 aromatic heterocycles. The number of rotatable bonds is 7. The van der Waals surface area contributed by atoms with Gasteiger partial charge in [-0.25, -0.2) is 0 Å². The van der Waals surface area contributed by atoms with Crippen LogP contribution in [0, 0.1) is 5.92 Å². The SMILES string of the molecule is C=C(C)C(C1=C(c2ccc(OC)cc2)c2ccc(OC)cc2C1)[C@@H]1c2ccccc2C(=O)N1c1ccccc1. The topological polar surface area (TPSA) is 38.8 Å². The van der Waals surface area contributed by atoms with Crippen molar-refractivity contribution in [3.05, 3.63) is 143 Å². The van der Waals surface area contributed by atoms with Crippen LogP contribution in [0.1, 0.15) is 45.6 Å². The third kappa shape index (κ3) is 4.13. The summed E-state index contributed by atoms with van der Waals surface area (Å²) < 4.78 is 11.0. The fraction of sp³-hybridized carbons (Fsp3) is 0.171. The summed E-state index contributed by atoms with van der Waals surface area (Å²) in [6, 6.07) is 32.3. The van der Waals surface area contributed by atoms with E-state index in [2.05, 4.69) is 43.8 Å².